The number of benzene rings is 1. The molecule has 0 saturated carbocycles. The van der Waals surface area contributed by atoms with Gasteiger partial charge in [-0.05, 0) is 23.1 Å². The first kappa shape index (κ1) is 17.1. The van der Waals surface area contributed by atoms with Gasteiger partial charge in [0.15, 0.2) is 0 Å². The van der Waals surface area contributed by atoms with Crippen molar-refractivity contribution in [2.45, 2.75) is 33.2 Å². The molecule has 1 rings (SSSR count). The molecule has 0 aliphatic carbocycles. The first-order chi connectivity index (χ1) is 7.59. The lowest BCUT2D eigenvalue weighted by molar-refractivity contribution is -0.274. The van der Waals surface area contributed by atoms with Crippen molar-refractivity contribution in [1.82, 2.24) is 0 Å². The zero-order valence-corrected chi connectivity index (χ0v) is 11.2. The highest BCUT2D eigenvalue weighted by Gasteiger charge is 2.31. The summed E-state index contributed by atoms with van der Waals surface area (Å²) in [5.74, 6) is -0.241. The standard InChI is InChI=1S/C12H16F3NO.ClH/c1-11(2,3)10(16)8-5-4-6-9(7-8)17-12(13,14)15;/h4-7,10H,16H2,1-3H3;1H/t10-;/m0./s1. The number of hydrogen-bond donors (Lipinski definition) is 1. The number of alkyl halides is 3. The first-order valence-electron chi connectivity index (χ1n) is 5.21. The van der Waals surface area contributed by atoms with Crippen LogP contribution in [-0.2, 0) is 0 Å². The summed E-state index contributed by atoms with van der Waals surface area (Å²) < 4.78 is 40.0. The van der Waals surface area contributed by atoms with Gasteiger partial charge in [-0.25, -0.2) is 0 Å². The van der Waals surface area contributed by atoms with Crippen LogP contribution in [0.3, 0.4) is 0 Å². The third-order valence-corrected chi connectivity index (χ3v) is 2.38. The Bertz CT molecular complexity index is 388. The Morgan fingerprint density at radius 2 is 1.72 bits per heavy atom. The van der Waals surface area contributed by atoms with Gasteiger partial charge in [0.25, 0.3) is 0 Å². The highest BCUT2D eigenvalue weighted by molar-refractivity contribution is 5.85. The van der Waals surface area contributed by atoms with E-state index in [2.05, 4.69) is 4.74 Å². The maximum Gasteiger partial charge on any atom is 0.573 e. The Kier molecular flexibility index (Phi) is 5.50. The highest BCUT2D eigenvalue weighted by atomic mass is 35.5. The molecule has 0 fully saturated rings. The molecular formula is C12H17ClF3NO. The average molecular weight is 284 g/mol. The topological polar surface area (TPSA) is 35.2 Å². The molecule has 2 N–H and O–H groups in total. The zero-order valence-electron chi connectivity index (χ0n) is 10.4. The van der Waals surface area contributed by atoms with Crippen LogP contribution in [0.25, 0.3) is 0 Å². The van der Waals surface area contributed by atoms with E-state index in [-0.39, 0.29) is 29.6 Å². The van der Waals surface area contributed by atoms with Crippen LogP contribution < -0.4 is 10.5 Å². The number of hydrogen-bond acceptors (Lipinski definition) is 2. The molecule has 1 atom stereocenters. The first-order valence-corrected chi connectivity index (χ1v) is 5.21. The third kappa shape index (κ3) is 5.14. The summed E-state index contributed by atoms with van der Waals surface area (Å²) in [5.41, 5.74) is 6.37. The van der Waals surface area contributed by atoms with Crippen molar-refractivity contribution in [2.75, 3.05) is 0 Å². The Morgan fingerprint density at radius 1 is 1.17 bits per heavy atom. The van der Waals surface area contributed by atoms with Crippen molar-refractivity contribution in [3.63, 3.8) is 0 Å². The lowest BCUT2D eigenvalue weighted by atomic mass is 9.83. The second kappa shape index (κ2) is 5.80. The lowest BCUT2D eigenvalue weighted by Gasteiger charge is -2.27. The Hall–Kier alpha value is -0.940. The van der Waals surface area contributed by atoms with Gasteiger partial charge in [-0.2, -0.15) is 0 Å². The van der Waals surface area contributed by atoms with Crippen LogP contribution in [0, 0.1) is 5.41 Å². The van der Waals surface area contributed by atoms with Crippen LogP contribution in [0.1, 0.15) is 32.4 Å². The summed E-state index contributed by atoms with van der Waals surface area (Å²) in [5, 5.41) is 0. The maximum atomic E-state index is 12.1. The lowest BCUT2D eigenvalue weighted by Crippen LogP contribution is -2.26. The molecule has 18 heavy (non-hydrogen) atoms. The van der Waals surface area contributed by atoms with Gasteiger partial charge in [-0.3, -0.25) is 0 Å². The molecule has 1 aromatic carbocycles. The minimum absolute atomic E-state index is 0. The second-order valence-corrected chi connectivity index (χ2v) is 4.96. The summed E-state index contributed by atoms with van der Waals surface area (Å²) in [6.45, 7) is 5.78. The van der Waals surface area contributed by atoms with E-state index in [1.807, 2.05) is 20.8 Å². The monoisotopic (exact) mass is 283 g/mol. The van der Waals surface area contributed by atoms with Crippen LogP contribution >= 0.6 is 12.4 Å². The van der Waals surface area contributed by atoms with Crippen molar-refractivity contribution in [3.05, 3.63) is 29.8 Å². The Balaban J connectivity index is 0.00000289. The smallest absolute Gasteiger partial charge is 0.406 e. The minimum Gasteiger partial charge on any atom is -0.406 e. The SMILES string of the molecule is CC(C)(C)[C@@H](N)c1cccc(OC(F)(F)F)c1.Cl. The van der Waals surface area contributed by atoms with E-state index in [1.54, 1.807) is 6.07 Å². The molecule has 1 aromatic rings. The van der Waals surface area contributed by atoms with E-state index >= 15 is 0 Å². The molecule has 0 unspecified atom stereocenters. The van der Waals surface area contributed by atoms with Gasteiger partial charge >= 0.3 is 6.36 Å². The van der Waals surface area contributed by atoms with Gasteiger partial charge in [-0.15, -0.1) is 25.6 Å². The molecule has 0 saturated heterocycles. The fourth-order valence-corrected chi connectivity index (χ4v) is 1.41. The van der Waals surface area contributed by atoms with E-state index < -0.39 is 6.36 Å². The number of rotatable bonds is 2. The Labute approximate surface area is 111 Å². The fourth-order valence-electron chi connectivity index (χ4n) is 1.41. The normalized spacial score (nSPS) is 13.7. The van der Waals surface area contributed by atoms with Gasteiger partial charge < -0.3 is 10.5 Å². The van der Waals surface area contributed by atoms with Crippen LogP contribution in [0.2, 0.25) is 0 Å². The van der Waals surface area contributed by atoms with Gasteiger partial charge in [0, 0.05) is 6.04 Å². The molecule has 0 aromatic heterocycles. The van der Waals surface area contributed by atoms with E-state index in [4.69, 9.17) is 5.73 Å². The van der Waals surface area contributed by atoms with Crippen molar-refractivity contribution in [2.24, 2.45) is 11.1 Å². The summed E-state index contributed by atoms with van der Waals surface area (Å²) in [6.07, 6.45) is -4.68. The van der Waals surface area contributed by atoms with E-state index in [0.717, 1.165) is 0 Å². The molecule has 0 heterocycles. The number of halogens is 4. The molecule has 2 nitrogen and oxygen atoms in total. The van der Waals surface area contributed by atoms with Crippen LogP contribution in [0.5, 0.6) is 5.75 Å². The molecule has 104 valence electrons. The molecule has 0 amide bonds. The summed E-state index contributed by atoms with van der Waals surface area (Å²) in [6, 6.07) is 5.43. The summed E-state index contributed by atoms with van der Waals surface area (Å²) in [7, 11) is 0. The van der Waals surface area contributed by atoms with E-state index in [1.165, 1.54) is 18.2 Å². The van der Waals surface area contributed by atoms with Crippen molar-refractivity contribution in [3.8, 4) is 5.75 Å². The fraction of sp³-hybridized carbons (Fsp3) is 0.500. The van der Waals surface area contributed by atoms with Gasteiger partial charge in [0.05, 0.1) is 0 Å². The van der Waals surface area contributed by atoms with E-state index in [0.29, 0.717) is 5.56 Å². The maximum absolute atomic E-state index is 12.1. The quantitative estimate of drug-likeness (QED) is 0.888. The molecule has 0 aliphatic heterocycles. The van der Waals surface area contributed by atoms with Gasteiger partial charge in [-0.1, -0.05) is 32.9 Å². The van der Waals surface area contributed by atoms with Crippen LogP contribution in [0.15, 0.2) is 24.3 Å². The minimum atomic E-state index is -4.68. The number of ether oxygens (including phenoxy) is 1. The molecule has 6 heteroatoms. The zero-order chi connectivity index (χ0) is 13.3. The van der Waals surface area contributed by atoms with E-state index in [9.17, 15) is 13.2 Å². The summed E-state index contributed by atoms with van der Waals surface area (Å²) >= 11 is 0. The second-order valence-electron chi connectivity index (χ2n) is 4.96. The van der Waals surface area contributed by atoms with Crippen LogP contribution in [-0.4, -0.2) is 6.36 Å². The van der Waals surface area contributed by atoms with Crippen molar-refractivity contribution < 1.29 is 17.9 Å². The molecule has 0 radical (unpaired) electrons. The molecule has 0 aliphatic rings. The third-order valence-electron chi connectivity index (χ3n) is 2.38. The van der Waals surface area contributed by atoms with Crippen molar-refractivity contribution in [1.29, 1.82) is 0 Å². The molecular weight excluding hydrogens is 267 g/mol. The molecule has 0 bridgehead atoms. The van der Waals surface area contributed by atoms with Gasteiger partial charge in [0.2, 0.25) is 0 Å². The van der Waals surface area contributed by atoms with Crippen molar-refractivity contribution >= 4 is 12.4 Å². The average Bonchev–Trinajstić information content (AvgIpc) is 2.12. The Morgan fingerprint density at radius 3 is 2.17 bits per heavy atom. The number of nitrogens with two attached hydrogens (primary N) is 1. The largest absolute Gasteiger partial charge is 0.573 e. The predicted molar refractivity (Wildman–Crippen MR) is 66.8 cm³/mol. The predicted octanol–water partition coefficient (Wildman–Crippen LogP) is 4.05. The summed E-state index contributed by atoms with van der Waals surface area (Å²) in [4.78, 5) is 0. The van der Waals surface area contributed by atoms with Crippen LogP contribution in [0.4, 0.5) is 13.2 Å². The highest BCUT2D eigenvalue weighted by Crippen LogP contribution is 2.32. The molecule has 0 spiro atoms. The van der Waals surface area contributed by atoms with Gasteiger partial charge in [0.1, 0.15) is 5.75 Å².